The van der Waals surface area contributed by atoms with E-state index in [2.05, 4.69) is 44.3 Å². The van der Waals surface area contributed by atoms with E-state index in [-0.39, 0.29) is 0 Å². The number of rotatable bonds is 1. The highest BCUT2D eigenvalue weighted by atomic mass is 79.9. The van der Waals surface area contributed by atoms with Crippen LogP contribution in [-0.4, -0.2) is 31.1 Å². The number of hydrogen-bond donors (Lipinski definition) is 1. The van der Waals surface area contributed by atoms with E-state index in [1.165, 1.54) is 36.8 Å². The molecular formula is C14H19BrN2. The molecule has 0 saturated carbocycles. The summed E-state index contributed by atoms with van der Waals surface area (Å²) >= 11 is 3.58. The Kier molecular flexibility index (Phi) is 3.50. The van der Waals surface area contributed by atoms with E-state index in [0.29, 0.717) is 6.04 Å². The van der Waals surface area contributed by atoms with Gasteiger partial charge in [-0.2, -0.15) is 0 Å². The molecule has 1 heterocycles. The molecule has 1 fully saturated rings. The van der Waals surface area contributed by atoms with Gasteiger partial charge in [-0.05, 0) is 42.5 Å². The molecule has 0 aromatic heterocycles. The molecular weight excluding hydrogens is 276 g/mol. The van der Waals surface area contributed by atoms with Crippen LogP contribution in [0.25, 0.3) is 0 Å². The topological polar surface area (TPSA) is 15.3 Å². The second kappa shape index (κ2) is 5.09. The van der Waals surface area contributed by atoms with Gasteiger partial charge in [-0.25, -0.2) is 0 Å². The van der Waals surface area contributed by atoms with Crippen molar-refractivity contribution in [2.24, 2.45) is 0 Å². The van der Waals surface area contributed by atoms with Gasteiger partial charge in [0, 0.05) is 36.7 Å². The first-order valence-electron chi connectivity index (χ1n) is 6.58. The van der Waals surface area contributed by atoms with Gasteiger partial charge in [0.25, 0.3) is 0 Å². The largest absolute Gasteiger partial charge is 0.314 e. The van der Waals surface area contributed by atoms with Crippen LogP contribution in [0, 0.1) is 0 Å². The number of aryl methyl sites for hydroxylation is 1. The Bertz CT molecular complexity index is 399. The molecule has 1 saturated heterocycles. The Balaban J connectivity index is 1.88. The Labute approximate surface area is 112 Å². The molecule has 1 aliphatic carbocycles. The molecule has 2 aliphatic rings. The summed E-state index contributed by atoms with van der Waals surface area (Å²) < 4.78 is 1.22. The van der Waals surface area contributed by atoms with Gasteiger partial charge in [0.15, 0.2) is 0 Å². The molecule has 3 rings (SSSR count). The molecule has 1 aliphatic heterocycles. The highest BCUT2D eigenvalue weighted by Gasteiger charge is 2.26. The third-order valence-electron chi connectivity index (χ3n) is 3.98. The summed E-state index contributed by atoms with van der Waals surface area (Å²) in [7, 11) is 0. The predicted molar refractivity (Wildman–Crippen MR) is 74.3 cm³/mol. The van der Waals surface area contributed by atoms with Gasteiger partial charge in [-0.15, -0.1) is 0 Å². The molecule has 1 aromatic rings. The van der Waals surface area contributed by atoms with Crippen LogP contribution in [0.4, 0.5) is 0 Å². The molecule has 92 valence electrons. The van der Waals surface area contributed by atoms with Crippen molar-refractivity contribution >= 4 is 15.9 Å². The van der Waals surface area contributed by atoms with Crippen molar-refractivity contribution in [2.75, 3.05) is 26.2 Å². The summed E-state index contributed by atoms with van der Waals surface area (Å²) in [6, 6.07) is 7.49. The number of hydrogen-bond acceptors (Lipinski definition) is 2. The van der Waals surface area contributed by atoms with E-state index < -0.39 is 0 Å². The lowest BCUT2D eigenvalue weighted by atomic mass is 9.86. The minimum atomic E-state index is 0.661. The van der Waals surface area contributed by atoms with Crippen LogP contribution >= 0.6 is 15.9 Å². The maximum absolute atomic E-state index is 3.58. The Morgan fingerprint density at radius 3 is 2.88 bits per heavy atom. The van der Waals surface area contributed by atoms with Crippen LogP contribution in [0.1, 0.15) is 30.0 Å². The molecule has 17 heavy (non-hydrogen) atoms. The highest BCUT2D eigenvalue weighted by Crippen LogP contribution is 2.35. The number of nitrogens with one attached hydrogen (secondary N) is 1. The lowest BCUT2D eigenvalue weighted by molar-refractivity contribution is 0.158. The summed E-state index contributed by atoms with van der Waals surface area (Å²) in [5, 5.41) is 3.44. The maximum atomic E-state index is 3.58. The van der Waals surface area contributed by atoms with Gasteiger partial charge in [-0.1, -0.05) is 22.0 Å². The molecule has 3 heteroatoms. The zero-order valence-corrected chi connectivity index (χ0v) is 11.7. The monoisotopic (exact) mass is 294 g/mol. The third kappa shape index (κ3) is 2.42. The number of fused-ring (bicyclic) bond motifs is 1. The second-order valence-electron chi connectivity index (χ2n) is 5.04. The standard InChI is InChI=1S/C14H19BrN2/c15-12-4-5-13-11(10-12)2-1-3-14(13)17-8-6-16-7-9-17/h4-5,10,14,16H,1-3,6-9H2. The van der Waals surface area contributed by atoms with E-state index in [9.17, 15) is 0 Å². The van der Waals surface area contributed by atoms with E-state index in [0.717, 1.165) is 13.1 Å². The molecule has 0 spiro atoms. The first-order chi connectivity index (χ1) is 8.34. The molecule has 1 aromatic carbocycles. The third-order valence-corrected chi connectivity index (χ3v) is 4.47. The molecule has 0 radical (unpaired) electrons. The van der Waals surface area contributed by atoms with Crippen molar-refractivity contribution in [3.05, 3.63) is 33.8 Å². The fourth-order valence-corrected chi connectivity index (χ4v) is 3.54. The molecule has 2 nitrogen and oxygen atoms in total. The van der Waals surface area contributed by atoms with Gasteiger partial charge < -0.3 is 5.32 Å². The van der Waals surface area contributed by atoms with Gasteiger partial charge in [0.2, 0.25) is 0 Å². The van der Waals surface area contributed by atoms with Crippen molar-refractivity contribution in [1.29, 1.82) is 0 Å². The van der Waals surface area contributed by atoms with Crippen molar-refractivity contribution < 1.29 is 0 Å². The van der Waals surface area contributed by atoms with Crippen LogP contribution in [0.15, 0.2) is 22.7 Å². The van der Waals surface area contributed by atoms with Crippen LogP contribution in [-0.2, 0) is 6.42 Å². The number of benzene rings is 1. The molecule has 0 amide bonds. The summed E-state index contributed by atoms with van der Waals surface area (Å²) in [5.74, 6) is 0. The molecule has 1 atom stereocenters. The average Bonchev–Trinajstić information content (AvgIpc) is 2.39. The zero-order chi connectivity index (χ0) is 11.7. The summed E-state index contributed by atoms with van der Waals surface area (Å²) in [4.78, 5) is 2.66. The summed E-state index contributed by atoms with van der Waals surface area (Å²) in [5.41, 5.74) is 3.12. The summed E-state index contributed by atoms with van der Waals surface area (Å²) in [6.45, 7) is 4.67. The second-order valence-corrected chi connectivity index (χ2v) is 5.95. The van der Waals surface area contributed by atoms with E-state index in [1.54, 1.807) is 11.1 Å². The Morgan fingerprint density at radius 2 is 2.06 bits per heavy atom. The van der Waals surface area contributed by atoms with Crippen LogP contribution in [0.3, 0.4) is 0 Å². The number of nitrogens with zero attached hydrogens (tertiary/aromatic N) is 1. The fourth-order valence-electron chi connectivity index (χ4n) is 3.13. The normalized spacial score (nSPS) is 25.6. The Morgan fingerprint density at radius 1 is 1.24 bits per heavy atom. The minimum Gasteiger partial charge on any atom is -0.314 e. The zero-order valence-electron chi connectivity index (χ0n) is 10.1. The van der Waals surface area contributed by atoms with Gasteiger partial charge >= 0.3 is 0 Å². The maximum Gasteiger partial charge on any atom is 0.0352 e. The van der Waals surface area contributed by atoms with Gasteiger partial charge in [-0.3, -0.25) is 4.90 Å². The smallest absolute Gasteiger partial charge is 0.0352 e. The predicted octanol–water partition coefficient (Wildman–Crippen LogP) is 2.73. The first kappa shape index (κ1) is 11.7. The van der Waals surface area contributed by atoms with Crippen LogP contribution < -0.4 is 5.32 Å². The lowest BCUT2D eigenvalue weighted by Gasteiger charge is -2.38. The van der Waals surface area contributed by atoms with Crippen LogP contribution in [0.2, 0.25) is 0 Å². The molecule has 1 unspecified atom stereocenters. The van der Waals surface area contributed by atoms with Crippen molar-refractivity contribution in [3.63, 3.8) is 0 Å². The number of piperazine rings is 1. The van der Waals surface area contributed by atoms with E-state index in [1.807, 2.05) is 0 Å². The van der Waals surface area contributed by atoms with Gasteiger partial charge in [0.05, 0.1) is 0 Å². The SMILES string of the molecule is Brc1ccc2c(c1)CCCC2N1CCNCC1. The van der Waals surface area contributed by atoms with Crippen molar-refractivity contribution in [3.8, 4) is 0 Å². The van der Waals surface area contributed by atoms with E-state index in [4.69, 9.17) is 0 Å². The van der Waals surface area contributed by atoms with E-state index >= 15 is 0 Å². The Hall–Kier alpha value is -0.380. The van der Waals surface area contributed by atoms with Gasteiger partial charge in [0.1, 0.15) is 0 Å². The molecule has 0 bridgehead atoms. The molecule has 1 N–H and O–H groups in total. The fraction of sp³-hybridized carbons (Fsp3) is 0.571. The van der Waals surface area contributed by atoms with Crippen LogP contribution in [0.5, 0.6) is 0 Å². The number of halogens is 1. The average molecular weight is 295 g/mol. The van der Waals surface area contributed by atoms with Crippen molar-refractivity contribution in [1.82, 2.24) is 10.2 Å². The minimum absolute atomic E-state index is 0.661. The first-order valence-corrected chi connectivity index (χ1v) is 7.37. The summed E-state index contributed by atoms with van der Waals surface area (Å²) in [6.07, 6.45) is 3.91. The van der Waals surface area contributed by atoms with Crippen molar-refractivity contribution in [2.45, 2.75) is 25.3 Å². The lowest BCUT2D eigenvalue weighted by Crippen LogP contribution is -2.45. The highest BCUT2D eigenvalue weighted by molar-refractivity contribution is 9.10. The quantitative estimate of drug-likeness (QED) is 0.857.